The molecule has 0 radical (unpaired) electrons. The second-order valence-electron chi connectivity index (χ2n) is 10.1. The van der Waals surface area contributed by atoms with Crippen LogP contribution in [0, 0.1) is 28.9 Å². The van der Waals surface area contributed by atoms with E-state index in [9.17, 15) is 20.0 Å². The molecule has 4 atom stereocenters. The van der Waals surface area contributed by atoms with Gasteiger partial charge < -0.3 is 38.8 Å². The van der Waals surface area contributed by atoms with Crippen LogP contribution in [0.4, 0.5) is 11.4 Å². The third-order valence-corrected chi connectivity index (χ3v) is 8.08. The minimum absolute atomic E-state index is 0.0649. The van der Waals surface area contributed by atoms with Gasteiger partial charge in [-0.3, -0.25) is 14.9 Å². The Balaban J connectivity index is 1.54. The van der Waals surface area contributed by atoms with Crippen molar-refractivity contribution in [1.29, 1.82) is 0 Å². The Labute approximate surface area is 234 Å². The second kappa shape index (κ2) is 9.95. The highest BCUT2D eigenvalue weighted by atomic mass is 16.7. The molecular weight excluding hydrogens is 536 g/mol. The van der Waals surface area contributed by atoms with Crippen LogP contribution in [0.5, 0.6) is 34.5 Å². The van der Waals surface area contributed by atoms with Gasteiger partial charge in [-0.1, -0.05) is 0 Å². The number of hydrogen-bond acceptors (Lipinski definition) is 11. The van der Waals surface area contributed by atoms with E-state index in [1.165, 1.54) is 27.4 Å². The van der Waals surface area contributed by atoms with Crippen LogP contribution < -0.4 is 29.0 Å². The number of ether oxygens (including phenoxy) is 6. The van der Waals surface area contributed by atoms with Crippen LogP contribution in [0.25, 0.3) is 0 Å². The van der Waals surface area contributed by atoms with Crippen LogP contribution in [-0.2, 0) is 9.53 Å². The lowest BCUT2D eigenvalue weighted by atomic mass is 9.65. The van der Waals surface area contributed by atoms with Crippen LogP contribution in [0.3, 0.4) is 0 Å². The average Bonchev–Trinajstić information content (AvgIpc) is 3.59. The quantitative estimate of drug-likeness (QED) is 0.238. The number of aryl methyl sites for hydroxylation is 1. The third kappa shape index (κ3) is 4.17. The van der Waals surface area contributed by atoms with Gasteiger partial charge >= 0.3 is 11.7 Å². The first kappa shape index (κ1) is 26.4. The number of nitrogens with one attached hydrogen (secondary N) is 1. The number of nitro benzene ring substituents is 1. The van der Waals surface area contributed by atoms with E-state index in [-0.39, 0.29) is 54.0 Å². The second-order valence-corrected chi connectivity index (χ2v) is 10.1. The van der Waals surface area contributed by atoms with E-state index in [1.807, 2.05) is 12.1 Å². The van der Waals surface area contributed by atoms with Crippen LogP contribution in [0.2, 0.25) is 0 Å². The zero-order valence-corrected chi connectivity index (χ0v) is 22.8. The number of aromatic hydroxyl groups is 1. The molecular formula is C29H28N2O10. The predicted octanol–water partition coefficient (Wildman–Crippen LogP) is 4.45. The lowest BCUT2D eigenvalue weighted by Crippen LogP contribution is -2.37. The fourth-order valence-electron chi connectivity index (χ4n) is 6.14. The lowest BCUT2D eigenvalue weighted by molar-refractivity contribution is -0.385. The molecule has 3 aliphatic rings. The first-order chi connectivity index (χ1) is 19.7. The average molecular weight is 565 g/mol. The Bertz CT molecular complexity index is 1550. The van der Waals surface area contributed by atoms with E-state index in [0.717, 1.165) is 11.1 Å². The maximum atomic E-state index is 13.4. The smallest absolute Gasteiger partial charge is 0.311 e. The summed E-state index contributed by atoms with van der Waals surface area (Å²) in [6.45, 7) is 1.99. The predicted molar refractivity (Wildman–Crippen MR) is 144 cm³/mol. The first-order valence-electron chi connectivity index (χ1n) is 12.9. The molecule has 214 valence electrons. The number of nitrogens with zero attached hydrogens (tertiary/aromatic N) is 1. The topological polar surface area (TPSA) is 148 Å². The van der Waals surface area contributed by atoms with Crippen molar-refractivity contribution < 1.29 is 43.2 Å². The maximum Gasteiger partial charge on any atom is 0.311 e. The number of esters is 1. The van der Waals surface area contributed by atoms with E-state index in [4.69, 9.17) is 28.4 Å². The molecule has 1 saturated heterocycles. The number of anilines is 1. The number of cyclic esters (lactones) is 1. The minimum Gasteiger partial charge on any atom is -0.502 e. The summed E-state index contributed by atoms with van der Waals surface area (Å²) in [6.07, 6.45) is 0. The van der Waals surface area contributed by atoms with E-state index >= 15 is 0 Å². The normalized spacial score (nSPS) is 21.9. The van der Waals surface area contributed by atoms with Crippen molar-refractivity contribution in [2.75, 3.05) is 40.0 Å². The van der Waals surface area contributed by atoms with Crippen molar-refractivity contribution in [1.82, 2.24) is 0 Å². The Morgan fingerprint density at radius 3 is 2.17 bits per heavy atom. The molecule has 12 heteroatoms. The van der Waals surface area contributed by atoms with Crippen molar-refractivity contribution in [2.45, 2.75) is 18.9 Å². The molecule has 0 amide bonds. The van der Waals surface area contributed by atoms with Crippen molar-refractivity contribution >= 4 is 17.3 Å². The minimum atomic E-state index is -0.612. The highest BCUT2D eigenvalue weighted by Crippen LogP contribution is 2.56. The van der Waals surface area contributed by atoms with Crippen molar-refractivity contribution in [3.8, 4) is 34.5 Å². The van der Waals surface area contributed by atoms with Gasteiger partial charge in [0.05, 0.1) is 44.8 Å². The summed E-state index contributed by atoms with van der Waals surface area (Å²) in [5.74, 6) is -0.301. The zero-order valence-electron chi connectivity index (χ0n) is 22.8. The fourth-order valence-corrected chi connectivity index (χ4v) is 6.14. The number of rotatable bonds is 7. The lowest BCUT2D eigenvalue weighted by Gasteiger charge is -2.40. The van der Waals surface area contributed by atoms with Gasteiger partial charge in [0.2, 0.25) is 12.5 Å². The number of hydrogen-bond donors (Lipinski definition) is 2. The van der Waals surface area contributed by atoms with Crippen LogP contribution in [0.1, 0.15) is 34.2 Å². The molecule has 12 nitrogen and oxygen atoms in total. The van der Waals surface area contributed by atoms with Gasteiger partial charge in [-0.2, -0.15) is 0 Å². The Kier molecular flexibility index (Phi) is 6.40. The number of phenols is 1. The van der Waals surface area contributed by atoms with Crippen LogP contribution in [-0.4, -0.2) is 50.7 Å². The monoisotopic (exact) mass is 564 g/mol. The molecule has 3 aromatic rings. The molecule has 0 aromatic heterocycles. The number of benzene rings is 3. The summed E-state index contributed by atoms with van der Waals surface area (Å²) in [5, 5.41) is 25.7. The molecule has 2 heterocycles. The summed E-state index contributed by atoms with van der Waals surface area (Å²) in [6, 6.07) is 9.77. The molecule has 0 bridgehead atoms. The van der Waals surface area contributed by atoms with Crippen molar-refractivity contribution in [3.63, 3.8) is 0 Å². The third-order valence-electron chi connectivity index (χ3n) is 8.08. The Hall–Kier alpha value is -4.87. The van der Waals surface area contributed by atoms with Crippen LogP contribution >= 0.6 is 0 Å². The van der Waals surface area contributed by atoms with Gasteiger partial charge in [-0.05, 0) is 53.4 Å². The summed E-state index contributed by atoms with van der Waals surface area (Å²) in [5.41, 5.74) is 3.45. The summed E-state index contributed by atoms with van der Waals surface area (Å²) >= 11 is 0. The highest BCUT2D eigenvalue weighted by Gasteiger charge is 2.53. The van der Waals surface area contributed by atoms with Gasteiger partial charge in [0.15, 0.2) is 28.7 Å². The standard InChI is InChI=1S/C29H28N2O10/c1-13-5-19(31(34)35)20(36-2)10-18(13)30-27-16-9-22-21(40-12-41-22)8-15(16)25(26-17(27)11-39-29(26)33)14-6-23(37-3)28(32)24(7-14)38-4/h5-10,17,25-27,30,32H,11-12H2,1-4H3/t17-,25+,26-,27+/m0/s1. The van der Waals surface area contributed by atoms with E-state index < -0.39 is 22.8 Å². The Morgan fingerprint density at radius 2 is 1.56 bits per heavy atom. The number of carbonyl (C=O) groups excluding carboxylic acids is 1. The summed E-state index contributed by atoms with van der Waals surface area (Å²) in [7, 11) is 4.26. The van der Waals surface area contributed by atoms with Crippen molar-refractivity contribution in [2.24, 2.45) is 11.8 Å². The molecule has 0 unspecified atom stereocenters. The number of nitro groups is 1. The van der Waals surface area contributed by atoms with Gasteiger partial charge in [-0.25, -0.2) is 0 Å². The van der Waals surface area contributed by atoms with Crippen molar-refractivity contribution in [3.05, 3.63) is 68.8 Å². The molecule has 2 aliphatic heterocycles. The number of phenolic OH excluding ortho intramolecular Hbond substituents is 1. The molecule has 1 aliphatic carbocycles. The zero-order chi connectivity index (χ0) is 29.0. The van der Waals surface area contributed by atoms with E-state index in [1.54, 1.807) is 25.1 Å². The summed E-state index contributed by atoms with van der Waals surface area (Å²) < 4.78 is 33.2. The molecule has 3 aromatic carbocycles. The molecule has 0 spiro atoms. The first-order valence-corrected chi connectivity index (χ1v) is 12.9. The highest BCUT2D eigenvalue weighted by molar-refractivity contribution is 5.79. The van der Waals surface area contributed by atoms with Gasteiger partial charge in [0.25, 0.3) is 0 Å². The summed E-state index contributed by atoms with van der Waals surface area (Å²) in [4.78, 5) is 24.5. The number of carbonyl (C=O) groups is 1. The largest absolute Gasteiger partial charge is 0.502 e. The SMILES string of the molecule is COc1cc(N[C@@H]2c3cc4c(cc3[C@@H](c3cc(OC)c(O)c(OC)c3)[C@H]3C(=O)OC[C@@H]32)OCO4)c(C)cc1[N+](=O)[O-]. The van der Waals surface area contributed by atoms with Gasteiger partial charge in [0, 0.05) is 29.7 Å². The molecule has 0 saturated carbocycles. The van der Waals surface area contributed by atoms with Gasteiger partial charge in [0.1, 0.15) is 0 Å². The maximum absolute atomic E-state index is 13.4. The molecule has 6 rings (SSSR count). The molecule has 2 N–H and O–H groups in total. The molecule has 1 fully saturated rings. The van der Waals surface area contributed by atoms with E-state index in [0.29, 0.717) is 28.3 Å². The van der Waals surface area contributed by atoms with Gasteiger partial charge in [-0.15, -0.1) is 0 Å². The number of fused-ring (bicyclic) bond motifs is 3. The molecule has 41 heavy (non-hydrogen) atoms. The van der Waals surface area contributed by atoms with Crippen LogP contribution in [0.15, 0.2) is 36.4 Å². The van der Waals surface area contributed by atoms with E-state index in [2.05, 4.69) is 5.32 Å². The Morgan fingerprint density at radius 1 is 0.927 bits per heavy atom. The number of methoxy groups -OCH3 is 3. The fraction of sp³-hybridized carbons (Fsp3) is 0.345.